The lowest BCUT2D eigenvalue weighted by Crippen LogP contribution is -2.48. The Morgan fingerprint density at radius 1 is 1.15 bits per heavy atom. The molecule has 0 saturated heterocycles. The van der Waals surface area contributed by atoms with Gasteiger partial charge in [0.2, 0.25) is 0 Å². The van der Waals surface area contributed by atoms with Crippen LogP contribution in [0.15, 0.2) is 47.7 Å². The number of fused-ring (bicyclic) bond motifs is 1. The van der Waals surface area contributed by atoms with E-state index in [9.17, 15) is 4.79 Å². The van der Waals surface area contributed by atoms with Crippen molar-refractivity contribution < 1.29 is 28.5 Å². The molecule has 2 aromatic carbocycles. The summed E-state index contributed by atoms with van der Waals surface area (Å²) >= 11 is 5.75. The van der Waals surface area contributed by atoms with E-state index in [-0.39, 0.29) is 6.61 Å². The molecule has 1 atom stereocenters. The van der Waals surface area contributed by atoms with Gasteiger partial charge in [0.15, 0.2) is 28.1 Å². The van der Waals surface area contributed by atoms with E-state index in [1.807, 2.05) is 37.3 Å². The maximum absolute atomic E-state index is 13.2. The number of allylic oxidation sites excluding steroid dienone is 1. The van der Waals surface area contributed by atoms with E-state index < -0.39 is 12.0 Å². The van der Waals surface area contributed by atoms with Crippen LogP contribution in [0, 0.1) is 0 Å². The molecule has 33 heavy (non-hydrogen) atoms. The second-order valence-electron chi connectivity index (χ2n) is 7.35. The molecule has 0 saturated carbocycles. The summed E-state index contributed by atoms with van der Waals surface area (Å²) in [6.07, 6.45) is 0. The molecule has 2 heterocycles. The van der Waals surface area contributed by atoms with E-state index in [4.69, 9.17) is 35.9 Å². The number of hydrogen-bond acceptors (Lipinski definition) is 7. The molecule has 1 unspecified atom stereocenters. The standard InChI is InChI=1S/C24H26N2O6S/c1-5-30-23(27)20-14(2)26(15-9-10-17-19(13-15)32-12-11-31-17)24(33)25-21(20)16-7-6-8-18(28-3)22(16)29-4/h6-10,13,21H,5,11-12H2,1-4H3,(H,25,33). The predicted molar refractivity (Wildman–Crippen MR) is 127 cm³/mol. The Morgan fingerprint density at radius 3 is 2.61 bits per heavy atom. The minimum atomic E-state index is -0.588. The van der Waals surface area contributed by atoms with Crippen molar-refractivity contribution in [2.24, 2.45) is 0 Å². The van der Waals surface area contributed by atoms with Gasteiger partial charge < -0.3 is 29.0 Å². The molecule has 8 nitrogen and oxygen atoms in total. The summed E-state index contributed by atoms with van der Waals surface area (Å²) in [4.78, 5) is 15.0. The summed E-state index contributed by atoms with van der Waals surface area (Å²) in [5.41, 5.74) is 2.52. The second-order valence-corrected chi connectivity index (χ2v) is 7.73. The lowest BCUT2D eigenvalue weighted by Gasteiger charge is -2.38. The molecule has 0 aliphatic carbocycles. The Hall–Kier alpha value is -3.46. The van der Waals surface area contributed by atoms with Gasteiger partial charge in [-0.25, -0.2) is 4.79 Å². The number of nitrogens with zero attached hydrogens (tertiary/aromatic N) is 1. The van der Waals surface area contributed by atoms with Gasteiger partial charge in [-0.2, -0.15) is 0 Å². The van der Waals surface area contributed by atoms with Crippen LogP contribution in [-0.2, 0) is 9.53 Å². The Bertz CT molecular complexity index is 1120. The number of rotatable bonds is 6. The first-order valence-corrected chi connectivity index (χ1v) is 11.0. The Balaban J connectivity index is 1.84. The fourth-order valence-corrected chi connectivity index (χ4v) is 4.43. The molecule has 0 fully saturated rings. The van der Waals surface area contributed by atoms with Crippen molar-refractivity contribution in [3.63, 3.8) is 0 Å². The number of carbonyl (C=O) groups excluding carboxylic acids is 1. The molecule has 0 amide bonds. The van der Waals surface area contributed by atoms with Crippen LogP contribution in [0.2, 0.25) is 0 Å². The molecule has 9 heteroatoms. The molecule has 2 aliphatic heterocycles. The van der Waals surface area contributed by atoms with E-state index in [0.29, 0.717) is 58.2 Å². The average molecular weight is 471 g/mol. The van der Waals surface area contributed by atoms with Gasteiger partial charge in [-0.15, -0.1) is 0 Å². The van der Waals surface area contributed by atoms with E-state index in [0.717, 1.165) is 5.69 Å². The number of para-hydroxylation sites is 1. The highest BCUT2D eigenvalue weighted by Gasteiger charge is 2.37. The third-order valence-corrected chi connectivity index (χ3v) is 5.81. The van der Waals surface area contributed by atoms with Crippen LogP contribution in [0.1, 0.15) is 25.5 Å². The smallest absolute Gasteiger partial charge is 0.338 e. The molecular formula is C24H26N2O6S. The summed E-state index contributed by atoms with van der Waals surface area (Å²) in [6, 6.07) is 10.5. The molecule has 2 aliphatic rings. The predicted octanol–water partition coefficient (Wildman–Crippen LogP) is 3.75. The highest BCUT2D eigenvalue weighted by molar-refractivity contribution is 7.80. The molecule has 0 spiro atoms. The van der Waals surface area contributed by atoms with Crippen LogP contribution in [0.25, 0.3) is 0 Å². The minimum absolute atomic E-state index is 0.242. The van der Waals surface area contributed by atoms with Gasteiger partial charge in [-0.3, -0.25) is 4.90 Å². The van der Waals surface area contributed by atoms with Crippen LogP contribution >= 0.6 is 12.2 Å². The number of anilines is 1. The van der Waals surface area contributed by atoms with Gasteiger partial charge >= 0.3 is 5.97 Å². The Labute approximate surface area is 198 Å². The highest BCUT2D eigenvalue weighted by atomic mass is 32.1. The molecule has 2 aromatic rings. The molecule has 1 N–H and O–H groups in total. The number of benzene rings is 2. The minimum Gasteiger partial charge on any atom is -0.493 e. The highest BCUT2D eigenvalue weighted by Crippen LogP contribution is 2.42. The third-order valence-electron chi connectivity index (χ3n) is 5.51. The van der Waals surface area contributed by atoms with Gasteiger partial charge in [-0.1, -0.05) is 12.1 Å². The maximum Gasteiger partial charge on any atom is 0.338 e. The van der Waals surface area contributed by atoms with Gasteiger partial charge in [0.1, 0.15) is 13.2 Å². The Kier molecular flexibility index (Phi) is 6.60. The summed E-state index contributed by atoms with van der Waals surface area (Å²) in [7, 11) is 3.13. The van der Waals surface area contributed by atoms with Crippen molar-refractivity contribution in [2.75, 3.05) is 38.9 Å². The van der Waals surface area contributed by atoms with Crippen LogP contribution in [-0.4, -0.2) is 45.1 Å². The van der Waals surface area contributed by atoms with Crippen molar-refractivity contribution in [2.45, 2.75) is 19.9 Å². The zero-order valence-corrected chi connectivity index (χ0v) is 19.8. The topological polar surface area (TPSA) is 78.5 Å². The van der Waals surface area contributed by atoms with E-state index in [1.54, 1.807) is 32.1 Å². The first kappa shape index (κ1) is 22.7. The quantitative estimate of drug-likeness (QED) is 0.502. The SMILES string of the molecule is CCOC(=O)C1=C(C)N(c2ccc3c(c2)OCCO3)C(=S)NC1c1cccc(OC)c1OC. The molecule has 0 bridgehead atoms. The molecule has 0 radical (unpaired) electrons. The van der Waals surface area contributed by atoms with Crippen molar-refractivity contribution in [1.82, 2.24) is 5.32 Å². The summed E-state index contributed by atoms with van der Waals surface area (Å²) in [5.74, 6) is 1.93. The molecule has 0 aromatic heterocycles. The fraction of sp³-hybridized carbons (Fsp3) is 0.333. The summed E-state index contributed by atoms with van der Waals surface area (Å²) in [6.45, 7) is 4.84. The molecular weight excluding hydrogens is 444 g/mol. The second kappa shape index (κ2) is 9.58. The monoisotopic (exact) mass is 470 g/mol. The molecule has 4 rings (SSSR count). The lowest BCUT2D eigenvalue weighted by atomic mass is 9.93. The van der Waals surface area contributed by atoms with Crippen LogP contribution < -0.4 is 29.2 Å². The zero-order chi connectivity index (χ0) is 23.5. The number of hydrogen-bond donors (Lipinski definition) is 1. The van der Waals surface area contributed by atoms with Crippen LogP contribution in [0.5, 0.6) is 23.0 Å². The molecule has 174 valence electrons. The Morgan fingerprint density at radius 2 is 1.91 bits per heavy atom. The number of carbonyl (C=O) groups is 1. The van der Waals surface area contributed by atoms with E-state index in [1.165, 1.54) is 0 Å². The average Bonchev–Trinajstić information content (AvgIpc) is 2.83. The van der Waals surface area contributed by atoms with Crippen molar-refractivity contribution >= 4 is 29.0 Å². The normalized spacial score (nSPS) is 17.4. The number of esters is 1. The van der Waals surface area contributed by atoms with E-state index >= 15 is 0 Å². The first-order valence-electron chi connectivity index (χ1n) is 10.6. The van der Waals surface area contributed by atoms with Crippen molar-refractivity contribution in [3.8, 4) is 23.0 Å². The summed E-state index contributed by atoms with van der Waals surface area (Å²) in [5, 5.41) is 3.72. The lowest BCUT2D eigenvalue weighted by molar-refractivity contribution is -0.139. The van der Waals surface area contributed by atoms with Crippen molar-refractivity contribution in [3.05, 3.63) is 53.2 Å². The van der Waals surface area contributed by atoms with Gasteiger partial charge in [0, 0.05) is 17.3 Å². The van der Waals surface area contributed by atoms with E-state index in [2.05, 4.69) is 5.32 Å². The van der Waals surface area contributed by atoms with Gasteiger partial charge in [0.25, 0.3) is 0 Å². The number of methoxy groups -OCH3 is 2. The fourth-order valence-electron chi connectivity index (χ4n) is 4.07. The number of thiocarbonyl (C=S) groups is 1. The van der Waals surface area contributed by atoms with Crippen molar-refractivity contribution in [1.29, 1.82) is 0 Å². The van der Waals surface area contributed by atoms with Crippen LogP contribution in [0.4, 0.5) is 5.69 Å². The maximum atomic E-state index is 13.2. The largest absolute Gasteiger partial charge is 0.493 e. The zero-order valence-electron chi connectivity index (χ0n) is 19.0. The van der Waals surface area contributed by atoms with Crippen LogP contribution in [0.3, 0.4) is 0 Å². The van der Waals surface area contributed by atoms with Gasteiger partial charge in [-0.05, 0) is 44.3 Å². The third kappa shape index (κ3) is 4.16. The number of ether oxygens (including phenoxy) is 5. The first-order chi connectivity index (χ1) is 16.0. The summed E-state index contributed by atoms with van der Waals surface area (Å²) < 4.78 is 27.9. The van der Waals surface area contributed by atoms with Gasteiger partial charge in [0.05, 0.1) is 38.1 Å². The number of nitrogens with one attached hydrogen (secondary N) is 1.